The Labute approximate surface area is 363 Å². The van der Waals surface area contributed by atoms with Crippen molar-refractivity contribution in [2.24, 2.45) is 23.7 Å². The van der Waals surface area contributed by atoms with Gasteiger partial charge in [0, 0.05) is 45.0 Å². The number of cyclic esters (lactones) is 2. The van der Waals surface area contributed by atoms with Gasteiger partial charge in [-0.2, -0.15) is 0 Å². The maximum absolute atomic E-state index is 14.2. The summed E-state index contributed by atoms with van der Waals surface area (Å²) in [6.07, 6.45) is 1.00. The van der Waals surface area contributed by atoms with Gasteiger partial charge in [-0.15, -0.1) is 0 Å². The number of hydrogen-bond donors (Lipinski definition) is 3. The van der Waals surface area contributed by atoms with Crippen molar-refractivity contribution in [1.82, 2.24) is 25.3 Å². The van der Waals surface area contributed by atoms with Gasteiger partial charge < -0.3 is 39.9 Å². The zero-order chi connectivity index (χ0) is 46.3. The molecule has 0 saturated heterocycles. The predicted molar refractivity (Wildman–Crippen MR) is 232 cm³/mol. The molecule has 11 atom stereocenters. The highest BCUT2D eigenvalue weighted by Crippen LogP contribution is 2.27. The molecule has 2 rings (SSSR count). The first-order chi connectivity index (χ1) is 28.6. The van der Waals surface area contributed by atoms with Gasteiger partial charge in [0.25, 0.3) is 5.91 Å². The number of carbonyl (C=O) groups excluding carboxylic acids is 7. The van der Waals surface area contributed by atoms with Crippen LogP contribution < -0.4 is 10.6 Å². The molecule has 15 heteroatoms. The van der Waals surface area contributed by atoms with Crippen molar-refractivity contribution in [2.75, 3.05) is 27.7 Å². The van der Waals surface area contributed by atoms with Crippen LogP contribution in [0.5, 0.6) is 0 Å². The average Bonchev–Trinajstić information content (AvgIpc) is 3.24. The van der Waals surface area contributed by atoms with Crippen LogP contribution in [-0.2, 0) is 49.5 Å². The van der Waals surface area contributed by atoms with Crippen LogP contribution in [0.4, 0.5) is 0 Å². The average molecular weight is 856 g/mol. The summed E-state index contributed by atoms with van der Waals surface area (Å²) in [4.78, 5) is 101. The number of aliphatic hydroxyl groups is 1. The molecule has 1 aliphatic rings. The highest BCUT2D eigenvalue weighted by Gasteiger charge is 2.39. The van der Waals surface area contributed by atoms with Crippen LogP contribution >= 0.6 is 0 Å². The molecule has 1 aromatic rings. The Morgan fingerprint density at radius 2 is 1.39 bits per heavy atom. The van der Waals surface area contributed by atoms with Gasteiger partial charge in [-0.3, -0.25) is 24.0 Å². The Kier molecular flexibility index (Phi) is 21.1. The van der Waals surface area contributed by atoms with E-state index < -0.39 is 102 Å². The van der Waals surface area contributed by atoms with Crippen LogP contribution in [0.25, 0.3) is 0 Å². The second kappa shape index (κ2) is 24.6. The van der Waals surface area contributed by atoms with Crippen LogP contribution in [0, 0.1) is 23.7 Å². The molecule has 1 aliphatic heterocycles. The largest absolute Gasteiger partial charge is 0.460 e. The van der Waals surface area contributed by atoms with E-state index in [4.69, 9.17) is 9.47 Å². The summed E-state index contributed by atoms with van der Waals surface area (Å²) in [6, 6.07) is 4.67. The molecule has 5 amide bonds. The molecule has 0 saturated carbocycles. The molecule has 342 valence electrons. The smallest absolute Gasteiger partial charge is 0.334 e. The summed E-state index contributed by atoms with van der Waals surface area (Å²) in [7, 11) is 4.34. The Morgan fingerprint density at radius 1 is 0.787 bits per heavy atom. The van der Waals surface area contributed by atoms with Gasteiger partial charge in [0.05, 0.1) is 12.6 Å². The molecule has 61 heavy (non-hydrogen) atoms. The third-order valence-corrected chi connectivity index (χ3v) is 12.2. The van der Waals surface area contributed by atoms with Crippen LogP contribution in [0.1, 0.15) is 107 Å². The van der Waals surface area contributed by atoms with Gasteiger partial charge in [0.1, 0.15) is 30.3 Å². The molecular formula is C46H73N5O10. The predicted octanol–water partition coefficient (Wildman–Crippen LogP) is 4.05. The lowest BCUT2D eigenvalue weighted by Crippen LogP contribution is -2.58. The fraction of sp³-hybridized carbons (Fsp3) is 0.674. The minimum atomic E-state index is -1.26. The second-order valence-electron chi connectivity index (χ2n) is 17.1. The summed E-state index contributed by atoms with van der Waals surface area (Å²) < 4.78 is 11.8. The quantitative estimate of drug-likeness (QED) is 0.306. The van der Waals surface area contributed by atoms with E-state index in [-0.39, 0.29) is 30.3 Å². The molecule has 1 aromatic carbocycles. The third-order valence-electron chi connectivity index (χ3n) is 12.2. The monoisotopic (exact) mass is 856 g/mol. The molecule has 0 bridgehead atoms. The summed E-state index contributed by atoms with van der Waals surface area (Å²) in [5.74, 6) is -6.03. The van der Waals surface area contributed by atoms with E-state index in [1.165, 1.54) is 62.7 Å². The fourth-order valence-corrected chi connectivity index (χ4v) is 7.32. The van der Waals surface area contributed by atoms with E-state index in [0.29, 0.717) is 19.3 Å². The zero-order valence-corrected chi connectivity index (χ0v) is 38.7. The zero-order valence-electron chi connectivity index (χ0n) is 38.7. The second-order valence-corrected chi connectivity index (χ2v) is 17.1. The minimum absolute atomic E-state index is 0.00927. The van der Waals surface area contributed by atoms with Crippen molar-refractivity contribution < 1.29 is 48.1 Å². The molecule has 3 N–H and O–H groups in total. The van der Waals surface area contributed by atoms with Crippen LogP contribution in [0.2, 0.25) is 0 Å². The first-order valence-corrected chi connectivity index (χ1v) is 21.8. The van der Waals surface area contributed by atoms with Gasteiger partial charge in [-0.05, 0) is 57.4 Å². The first kappa shape index (κ1) is 52.3. The Hall–Kier alpha value is -4.79. The number of carbonyl (C=O) groups is 7. The Morgan fingerprint density at radius 3 is 1.97 bits per heavy atom. The number of ether oxygens (including phenoxy) is 2. The maximum atomic E-state index is 14.2. The molecule has 0 radical (unpaired) electrons. The first-order valence-electron chi connectivity index (χ1n) is 21.8. The van der Waals surface area contributed by atoms with E-state index in [0.717, 1.165) is 12.0 Å². The number of aliphatic hydroxyl groups excluding tert-OH is 1. The third kappa shape index (κ3) is 14.7. The van der Waals surface area contributed by atoms with Crippen molar-refractivity contribution >= 4 is 41.5 Å². The van der Waals surface area contributed by atoms with E-state index in [1.54, 1.807) is 32.9 Å². The molecular weight excluding hydrogens is 783 g/mol. The van der Waals surface area contributed by atoms with E-state index in [2.05, 4.69) is 10.6 Å². The molecule has 2 unspecified atom stereocenters. The van der Waals surface area contributed by atoms with Crippen LogP contribution in [-0.4, -0.2) is 131 Å². The number of likely N-dealkylation sites (N-methyl/N-ethyl adjacent to an activating group) is 3. The number of amides is 5. The lowest BCUT2D eigenvalue weighted by atomic mass is 9.85. The Balaban J connectivity index is 2.67. The van der Waals surface area contributed by atoms with Crippen molar-refractivity contribution in [3.05, 3.63) is 47.5 Å². The van der Waals surface area contributed by atoms with Gasteiger partial charge in [-0.25, -0.2) is 9.59 Å². The minimum Gasteiger partial charge on any atom is -0.460 e. The lowest BCUT2D eigenvalue weighted by Gasteiger charge is -2.35. The van der Waals surface area contributed by atoms with Crippen LogP contribution in [0.3, 0.4) is 0 Å². The maximum Gasteiger partial charge on any atom is 0.334 e. The molecule has 15 nitrogen and oxygen atoms in total. The van der Waals surface area contributed by atoms with Gasteiger partial charge in [-0.1, -0.05) is 97.7 Å². The van der Waals surface area contributed by atoms with Gasteiger partial charge >= 0.3 is 11.9 Å². The molecule has 0 spiro atoms. The number of esters is 2. The lowest BCUT2D eigenvalue weighted by molar-refractivity contribution is -0.166. The fourth-order valence-electron chi connectivity index (χ4n) is 7.32. The number of benzene rings is 1. The molecule has 0 aliphatic carbocycles. The summed E-state index contributed by atoms with van der Waals surface area (Å²) in [6.45, 7) is 17.0. The molecule has 0 aromatic heterocycles. The van der Waals surface area contributed by atoms with E-state index >= 15 is 0 Å². The summed E-state index contributed by atoms with van der Waals surface area (Å²) in [5, 5.41) is 16.9. The van der Waals surface area contributed by atoms with Crippen molar-refractivity contribution in [1.29, 1.82) is 0 Å². The van der Waals surface area contributed by atoms with Crippen molar-refractivity contribution in [2.45, 2.75) is 150 Å². The number of nitrogens with one attached hydrogen (secondary N) is 2. The van der Waals surface area contributed by atoms with Gasteiger partial charge in [0.2, 0.25) is 23.6 Å². The van der Waals surface area contributed by atoms with Gasteiger partial charge in [0.15, 0.2) is 6.10 Å². The summed E-state index contributed by atoms with van der Waals surface area (Å²) in [5.41, 5.74) is 0.893. The highest BCUT2D eigenvalue weighted by atomic mass is 16.6. The molecule has 1 heterocycles. The SMILES string of the molecule is CCC[C@H](C)C1OC(=O)[C@H](C)N(C)C(=O)C([C@@H](C)CC)NC(=O)CN(C)C(=O)[C@H](Cc2ccccc2)N(C)C(=O)[C@H](C)NC(=O)[C@@H]([C@@H](C)CC)OC(=O)/C(C)=C/C[C@H](O)[C@@H]1C. The number of nitrogens with zero attached hydrogens (tertiary/aromatic N) is 3. The topological polar surface area (TPSA) is 192 Å². The normalized spacial score (nSPS) is 29.1. The van der Waals surface area contributed by atoms with Crippen molar-refractivity contribution in [3.8, 4) is 0 Å². The van der Waals surface area contributed by atoms with Crippen molar-refractivity contribution in [3.63, 3.8) is 0 Å². The Bertz CT molecular complexity index is 1690. The number of hydrogen-bond acceptors (Lipinski definition) is 10. The number of rotatable bonds is 9. The van der Waals surface area contributed by atoms with E-state index in [9.17, 15) is 38.7 Å². The highest BCUT2D eigenvalue weighted by molar-refractivity contribution is 5.96. The van der Waals surface area contributed by atoms with Crippen LogP contribution in [0.15, 0.2) is 42.0 Å². The standard InChI is InChI=1S/C46H73N5O10/c1-14-20-29(6)39-31(8)36(52)24-23-30(7)45(58)61-40(28(5)16-3)41(54)47-32(9)42(55)51(13)35(25-34-21-18-17-19-22-34)43(56)49(11)26-37(53)48-38(27(4)15-2)44(57)50(12)33(10)46(59)60-39/h17-19,21-23,27-29,31-33,35-36,38-40,52H,14-16,20,24-26H2,1-13H3,(H,47,54)(H,48,53)/b30-23+/t27-,28-,29-,31-,32-,33-,35-,36-,38?,39?,40+/m0/s1. The van der Waals surface area contributed by atoms with E-state index in [1.807, 2.05) is 45.9 Å². The molecule has 0 fully saturated rings. The summed E-state index contributed by atoms with van der Waals surface area (Å²) >= 11 is 0.